The van der Waals surface area contributed by atoms with Crippen molar-refractivity contribution < 1.29 is 14.3 Å². The van der Waals surface area contributed by atoms with Gasteiger partial charge in [0.15, 0.2) is 0 Å². The van der Waals surface area contributed by atoms with Crippen LogP contribution in [0, 0.1) is 6.92 Å². The molecule has 0 unspecified atom stereocenters. The Bertz CT molecular complexity index is 1360. The summed E-state index contributed by atoms with van der Waals surface area (Å²) in [6.45, 7) is 1.62. The maximum atomic E-state index is 13.0. The first-order valence-electron chi connectivity index (χ1n) is 9.68. The van der Waals surface area contributed by atoms with E-state index in [1.807, 2.05) is 42.5 Å². The van der Waals surface area contributed by atoms with Gasteiger partial charge in [-0.25, -0.2) is 9.78 Å². The third-order valence-electron chi connectivity index (χ3n) is 4.78. The number of carbonyl (C=O) groups excluding carboxylic acids is 2. The van der Waals surface area contributed by atoms with E-state index in [0.29, 0.717) is 26.3 Å². The van der Waals surface area contributed by atoms with Crippen molar-refractivity contribution >= 4 is 55.0 Å². The van der Waals surface area contributed by atoms with Crippen molar-refractivity contribution in [3.8, 4) is 0 Å². The number of ether oxygens (including phenoxy) is 1. The minimum absolute atomic E-state index is 0.139. The van der Waals surface area contributed by atoms with Crippen LogP contribution in [0.1, 0.15) is 20.8 Å². The SMILES string of the molecule is Cc1c(C(=O)OCc2ccccc2)sc2ncn(CC(=O)Nc3ccccc3Br)c(=O)c12. The van der Waals surface area contributed by atoms with Crippen LogP contribution in [0.2, 0.25) is 0 Å². The topological polar surface area (TPSA) is 90.3 Å². The van der Waals surface area contributed by atoms with Crippen LogP contribution in [0.4, 0.5) is 5.69 Å². The molecule has 2 aromatic carbocycles. The molecule has 162 valence electrons. The lowest BCUT2D eigenvalue weighted by Gasteiger charge is -2.08. The number of hydrogen-bond acceptors (Lipinski definition) is 6. The lowest BCUT2D eigenvalue weighted by atomic mass is 10.2. The summed E-state index contributed by atoms with van der Waals surface area (Å²) in [5.74, 6) is -0.873. The Labute approximate surface area is 195 Å². The van der Waals surface area contributed by atoms with Crippen LogP contribution in [0.5, 0.6) is 0 Å². The number of rotatable bonds is 6. The smallest absolute Gasteiger partial charge is 0.349 e. The molecule has 0 aliphatic heterocycles. The fourth-order valence-corrected chi connectivity index (χ4v) is 4.58. The van der Waals surface area contributed by atoms with E-state index in [2.05, 4.69) is 26.2 Å². The van der Waals surface area contributed by atoms with E-state index in [1.54, 1.807) is 19.1 Å². The number of thiophene rings is 1. The number of esters is 1. The highest BCUT2D eigenvalue weighted by atomic mass is 79.9. The molecule has 0 aliphatic rings. The van der Waals surface area contributed by atoms with Crippen molar-refractivity contribution in [3.63, 3.8) is 0 Å². The van der Waals surface area contributed by atoms with E-state index in [1.165, 1.54) is 10.9 Å². The number of fused-ring (bicyclic) bond motifs is 1. The fourth-order valence-electron chi connectivity index (χ4n) is 3.16. The summed E-state index contributed by atoms with van der Waals surface area (Å²) in [4.78, 5) is 43.1. The first kappa shape index (κ1) is 21.9. The summed E-state index contributed by atoms with van der Waals surface area (Å²) in [5, 5.41) is 3.08. The van der Waals surface area contributed by atoms with Gasteiger partial charge in [-0.3, -0.25) is 14.2 Å². The van der Waals surface area contributed by atoms with E-state index < -0.39 is 5.97 Å². The van der Waals surface area contributed by atoms with Crippen LogP contribution in [0.15, 0.2) is 70.2 Å². The Balaban J connectivity index is 1.54. The second-order valence-electron chi connectivity index (χ2n) is 7.00. The summed E-state index contributed by atoms with van der Waals surface area (Å²) in [6, 6.07) is 16.5. The standard InChI is InChI=1S/C23H18BrN3O4S/c1-14-19-21(32-20(14)23(30)31-12-15-7-3-2-4-8-15)25-13-27(22(19)29)11-18(28)26-17-10-6-5-9-16(17)24/h2-10,13H,11-12H2,1H3,(H,26,28). The molecule has 1 N–H and O–H groups in total. The zero-order valence-corrected chi connectivity index (χ0v) is 19.4. The molecule has 0 bridgehead atoms. The molecule has 0 saturated carbocycles. The number of nitrogens with zero attached hydrogens (tertiary/aromatic N) is 2. The van der Waals surface area contributed by atoms with Gasteiger partial charge in [0.1, 0.15) is 22.9 Å². The molecule has 0 spiro atoms. The minimum Gasteiger partial charge on any atom is -0.457 e. The Kier molecular flexibility index (Phi) is 6.48. The molecule has 9 heteroatoms. The molecule has 0 saturated heterocycles. The lowest BCUT2D eigenvalue weighted by molar-refractivity contribution is -0.116. The van der Waals surface area contributed by atoms with E-state index in [0.717, 1.165) is 21.4 Å². The predicted molar refractivity (Wildman–Crippen MR) is 127 cm³/mol. The van der Waals surface area contributed by atoms with E-state index >= 15 is 0 Å². The first-order chi connectivity index (χ1) is 15.4. The van der Waals surface area contributed by atoms with Crippen molar-refractivity contribution in [2.24, 2.45) is 0 Å². The fraction of sp³-hybridized carbons (Fsp3) is 0.130. The van der Waals surface area contributed by atoms with Crippen molar-refractivity contribution in [1.82, 2.24) is 9.55 Å². The van der Waals surface area contributed by atoms with E-state index in [-0.39, 0.29) is 24.6 Å². The van der Waals surface area contributed by atoms with Gasteiger partial charge in [-0.1, -0.05) is 42.5 Å². The number of carbonyl (C=O) groups is 2. The van der Waals surface area contributed by atoms with Gasteiger partial charge in [0.05, 0.1) is 17.4 Å². The minimum atomic E-state index is -0.507. The summed E-state index contributed by atoms with van der Waals surface area (Å²) >= 11 is 4.48. The number of aryl methyl sites for hydroxylation is 1. The molecule has 4 aromatic rings. The second kappa shape index (κ2) is 9.46. The number of para-hydroxylation sites is 1. The average Bonchev–Trinajstić information content (AvgIpc) is 3.13. The molecule has 32 heavy (non-hydrogen) atoms. The van der Waals surface area contributed by atoms with E-state index in [4.69, 9.17) is 4.74 Å². The van der Waals surface area contributed by atoms with Crippen LogP contribution < -0.4 is 10.9 Å². The maximum absolute atomic E-state index is 13.0. The monoisotopic (exact) mass is 511 g/mol. The molecule has 0 fully saturated rings. The number of benzene rings is 2. The maximum Gasteiger partial charge on any atom is 0.349 e. The van der Waals surface area contributed by atoms with Crippen LogP contribution in [0.25, 0.3) is 10.2 Å². The number of amides is 1. The summed E-state index contributed by atoms with van der Waals surface area (Å²) in [6.07, 6.45) is 1.32. The Morgan fingerprint density at radius 1 is 1.12 bits per heavy atom. The number of hydrogen-bond donors (Lipinski definition) is 1. The quantitative estimate of drug-likeness (QED) is 0.384. The largest absolute Gasteiger partial charge is 0.457 e. The molecule has 7 nitrogen and oxygen atoms in total. The average molecular weight is 512 g/mol. The Morgan fingerprint density at radius 3 is 2.59 bits per heavy atom. The van der Waals surface area contributed by atoms with Crippen LogP contribution in [-0.2, 0) is 22.7 Å². The third kappa shape index (κ3) is 4.63. The highest BCUT2D eigenvalue weighted by Gasteiger charge is 2.21. The van der Waals surface area contributed by atoms with Crippen molar-refractivity contribution in [3.05, 3.63) is 91.8 Å². The molecule has 2 aromatic heterocycles. The van der Waals surface area contributed by atoms with Crippen molar-refractivity contribution in [2.75, 3.05) is 5.32 Å². The Morgan fingerprint density at radius 2 is 1.84 bits per heavy atom. The van der Waals surface area contributed by atoms with E-state index in [9.17, 15) is 14.4 Å². The zero-order chi connectivity index (χ0) is 22.7. The summed E-state index contributed by atoms with van der Waals surface area (Å²) in [7, 11) is 0. The Hall–Kier alpha value is -3.30. The molecule has 4 rings (SSSR count). The first-order valence-corrected chi connectivity index (χ1v) is 11.3. The number of halogens is 1. The normalized spacial score (nSPS) is 10.8. The van der Waals surface area contributed by atoms with Gasteiger partial charge in [0.2, 0.25) is 5.91 Å². The molecule has 0 atom stereocenters. The third-order valence-corrected chi connectivity index (χ3v) is 6.65. The second-order valence-corrected chi connectivity index (χ2v) is 8.86. The lowest BCUT2D eigenvalue weighted by Crippen LogP contribution is -2.28. The number of aromatic nitrogens is 2. The molecule has 0 aliphatic carbocycles. The zero-order valence-electron chi connectivity index (χ0n) is 17.0. The molecule has 2 heterocycles. The molecule has 0 radical (unpaired) electrons. The van der Waals surface area contributed by atoms with Gasteiger partial charge < -0.3 is 10.1 Å². The van der Waals surface area contributed by atoms with Crippen molar-refractivity contribution in [2.45, 2.75) is 20.1 Å². The van der Waals surface area contributed by atoms with Gasteiger partial charge in [0.25, 0.3) is 5.56 Å². The highest BCUT2D eigenvalue weighted by molar-refractivity contribution is 9.10. The van der Waals surface area contributed by atoms with Crippen LogP contribution in [-0.4, -0.2) is 21.4 Å². The predicted octanol–water partition coefficient (Wildman–Crippen LogP) is 4.52. The van der Waals surface area contributed by atoms with Crippen LogP contribution >= 0.6 is 27.3 Å². The summed E-state index contributed by atoms with van der Waals surface area (Å²) < 4.78 is 7.37. The highest BCUT2D eigenvalue weighted by Crippen LogP contribution is 2.28. The summed E-state index contributed by atoms with van der Waals surface area (Å²) in [5.41, 5.74) is 1.60. The van der Waals surface area contributed by atoms with Crippen molar-refractivity contribution in [1.29, 1.82) is 0 Å². The van der Waals surface area contributed by atoms with Gasteiger partial charge in [0, 0.05) is 4.47 Å². The van der Waals surface area contributed by atoms with Crippen LogP contribution in [0.3, 0.4) is 0 Å². The van der Waals surface area contributed by atoms with Gasteiger partial charge in [-0.15, -0.1) is 11.3 Å². The molecular formula is C23H18BrN3O4S. The van der Waals surface area contributed by atoms with Gasteiger partial charge in [-0.05, 0) is 46.1 Å². The van der Waals surface area contributed by atoms with Gasteiger partial charge in [-0.2, -0.15) is 0 Å². The van der Waals surface area contributed by atoms with Gasteiger partial charge >= 0.3 is 5.97 Å². The number of nitrogens with one attached hydrogen (secondary N) is 1. The molecule has 1 amide bonds. The number of anilines is 1. The molecular weight excluding hydrogens is 494 g/mol.